The summed E-state index contributed by atoms with van der Waals surface area (Å²) in [5, 5.41) is 7.05. The van der Waals surface area contributed by atoms with E-state index in [9.17, 15) is 13.2 Å². The number of hydrogen-bond donors (Lipinski definition) is 1. The summed E-state index contributed by atoms with van der Waals surface area (Å²) in [6.45, 7) is 2.46. The van der Waals surface area contributed by atoms with Crippen molar-refractivity contribution in [2.45, 2.75) is 25.8 Å². The van der Waals surface area contributed by atoms with Gasteiger partial charge in [0, 0.05) is 23.7 Å². The molecule has 0 aliphatic rings. The molecule has 1 aromatic heterocycles. The summed E-state index contributed by atoms with van der Waals surface area (Å²) in [5.41, 5.74) is 1.06. The summed E-state index contributed by atoms with van der Waals surface area (Å²) < 4.78 is 40.6. The normalized spacial score (nSPS) is 12.6. The quantitative estimate of drug-likeness (QED) is 0.831. The summed E-state index contributed by atoms with van der Waals surface area (Å²) in [5.74, 6) is -2.56. The second kappa shape index (κ2) is 6.90. The molecule has 20 heavy (non-hydrogen) atoms. The molecule has 1 unspecified atom stereocenters. The van der Waals surface area contributed by atoms with Crippen LogP contribution >= 0.6 is 11.3 Å². The Hall–Kier alpha value is -1.33. The van der Waals surface area contributed by atoms with E-state index in [2.05, 4.69) is 5.32 Å². The molecule has 0 spiro atoms. The van der Waals surface area contributed by atoms with Crippen LogP contribution in [0.2, 0.25) is 0 Å². The Bertz CT molecular complexity index is 531. The van der Waals surface area contributed by atoms with Gasteiger partial charge in [0.05, 0.1) is 0 Å². The molecule has 1 aromatic carbocycles. The fourth-order valence-electron chi connectivity index (χ4n) is 2.23. The van der Waals surface area contributed by atoms with Gasteiger partial charge in [-0.1, -0.05) is 6.92 Å². The fourth-order valence-corrected chi connectivity index (χ4v) is 2.93. The lowest BCUT2D eigenvalue weighted by Gasteiger charge is -2.19. The molecule has 1 nitrogen and oxygen atoms in total. The first-order valence-electron chi connectivity index (χ1n) is 6.50. The van der Waals surface area contributed by atoms with Crippen molar-refractivity contribution in [3.63, 3.8) is 0 Å². The summed E-state index contributed by atoms with van der Waals surface area (Å²) >= 11 is 1.59. The molecule has 0 aliphatic carbocycles. The zero-order valence-electron chi connectivity index (χ0n) is 11.1. The van der Waals surface area contributed by atoms with Crippen LogP contribution in [0.1, 0.15) is 30.5 Å². The molecule has 1 heterocycles. The third kappa shape index (κ3) is 3.61. The van der Waals surface area contributed by atoms with E-state index in [-0.39, 0.29) is 5.56 Å². The number of halogens is 3. The Labute approximate surface area is 120 Å². The SMILES string of the molecule is CCNC(CCc1ccsc1)c1c(F)cc(F)cc1F. The fraction of sp³-hybridized carbons (Fsp3) is 0.333. The van der Waals surface area contributed by atoms with Gasteiger partial charge in [0.25, 0.3) is 0 Å². The molecule has 0 bridgehead atoms. The van der Waals surface area contributed by atoms with E-state index < -0.39 is 23.5 Å². The minimum atomic E-state index is -0.892. The Kier molecular flexibility index (Phi) is 5.20. The second-order valence-corrected chi connectivity index (χ2v) is 5.34. The number of benzene rings is 1. The standard InChI is InChI=1S/C15H16F3NS/c1-2-19-14(4-3-10-5-6-20-9-10)15-12(17)7-11(16)8-13(15)18/h5-9,14,19H,2-4H2,1H3. The van der Waals surface area contributed by atoms with Gasteiger partial charge in [-0.2, -0.15) is 11.3 Å². The molecular formula is C15H16F3NS. The topological polar surface area (TPSA) is 12.0 Å². The van der Waals surface area contributed by atoms with E-state index >= 15 is 0 Å². The van der Waals surface area contributed by atoms with E-state index in [0.717, 1.165) is 24.1 Å². The van der Waals surface area contributed by atoms with Crippen molar-refractivity contribution in [1.29, 1.82) is 0 Å². The molecule has 0 saturated carbocycles. The second-order valence-electron chi connectivity index (χ2n) is 4.56. The van der Waals surface area contributed by atoms with E-state index in [4.69, 9.17) is 0 Å². The van der Waals surface area contributed by atoms with Gasteiger partial charge in [0.15, 0.2) is 0 Å². The first kappa shape index (κ1) is 15.1. The number of nitrogens with one attached hydrogen (secondary N) is 1. The maximum Gasteiger partial charge on any atom is 0.133 e. The third-order valence-corrected chi connectivity index (χ3v) is 3.88. The first-order chi connectivity index (χ1) is 9.61. The molecule has 0 saturated heterocycles. The Morgan fingerprint density at radius 1 is 1.20 bits per heavy atom. The summed E-state index contributed by atoms with van der Waals surface area (Å²) in [6, 6.07) is 2.99. The number of aryl methyl sites for hydroxylation is 1. The van der Waals surface area contributed by atoms with Crippen LogP contribution in [0.4, 0.5) is 13.2 Å². The third-order valence-electron chi connectivity index (χ3n) is 3.14. The highest BCUT2D eigenvalue weighted by atomic mass is 32.1. The lowest BCUT2D eigenvalue weighted by atomic mass is 9.98. The van der Waals surface area contributed by atoms with Gasteiger partial charge in [-0.25, -0.2) is 13.2 Å². The maximum atomic E-state index is 13.8. The summed E-state index contributed by atoms with van der Waals surface area (Å²) in [4.78, 5) is 0. The largest absolute Gasteiger partial charge is 0.310 e. The van der Waals surface area contributed by atoms with E-state index in [1.165, 1.54) is 0 Å². The monoisotopic (exact) mass is 299 g/mol. The average molecular weight is 299 g/mol. The summed E-state index contributed by atoms with van der Waals surface area (Å²) in [6.07, 6.45) is 1.28. The van der Waals surface area contributed by atoms with Crippen LogP contribution in [0, 0.1) is 17.5 Å². The maximum absolute atomic E-state index is 13.8. The smallest absolute Gasteiger partial charge is 0.133 e. The first-order valence-corrected chi connectivity index (χ1v) is 7.45. The van der Waals surface area contributed by atoms with Crippen molar-refractivity contribution in [2.24, 2.45) is 0 Å². The average Bonchev–Trinajstić information content (AvgIpc) is 2.87. The van der Waals surface area contributed by atoms with Gasteiger partial charge in [-0.3, -0.25) is 0 Å². The van der Waals surface area contributed by atoms with Gasteiger partial charge >= 0.3 is 0 Å². The summed E-state index contributed by atoms with van der Waals surface area (Å²) in [7, 11) is 0. The van der Waals surface area contributed by atoms with Crippen LogP contribution < -0.4 is 5.32 Å². The van der Waals surface area contributed by atoms with Crippen LogP contribution in [-0.2, 0) is 6.42 Å². The molecule has 1 N–H and O–H groups in total. The molecule has 0 radical (unpaired) electrons. The zero-order valence-corrected chi connectivity index (χ0v) is 11.9. The minimum absolute atomic E-state index is 0.0801. The van der Waals surface area contributed by atoms with E-state index in [1.807, 2.05) is 23.8 Å². The minimum Gasteiger partial charge on any atom is -0.310 e. The van der Waals surface area contributed by atoms with Crippen molar-refractivity contribution in [2.75, 3.05) is 6.54 Å². The Balaban J connectivity index is 2.19. The number of hydrogen-bond acceptors (Lipinski definition) is 2. The Morgan fingerprint density at radius 3 is 2.45 bits per heavy atom. The van der Waals surface area contributed by atoms with Crippen molar-refractivity contribution in [3.05, 3.63) is 57.5 Å². The van der Waals surface area contributed by atoms with Gasteiger partial charge in [-0.15, -0.1) is 0 Å². The van der Waals surface area contributed by atoms with Gasteiger partial charge < -0.3 is 5.32 Å². The van der Waals surface area contributed by atoms with Crippen molar-refractivity contribution < 1.29 is 13.2 Å². The van der Waals surface area contributed by atoms with Crippen LogP contribution in [0.25, 0.3) is 0 Å². The molecular weight excluding hydrogens is 283 g/mol. The molecule has 2 rings (SSSR count). The van der Waals surface area contributed by atoms with Gasteiger partial charge in [0.2, 0.25) is 0 Å². The predicted octanol–water partition coefficient (Wildman–Crippen LogP) is 4.45. The predicted molar refractivity (Wildman–Crippen MR) is 75.4 cm³/mol. The van der Waals surface area contributed by atoms with Crippen LogP contribution in [0.3, 0.4) is 0 Å². The van der Waals surface area contributed by atoms with Gasteiger partial charge in [0.1, 0.15) is 17.5 Å². The van der Waals surface area contributed by atoms with Crippen LogP contribution in [0.5, 0.6) is 0 Å². The lowest BCUT2D eigenvalue weighted by Crippen LogP contribution is -2.23. The highest BCUT2D eigenvalue weighted by molar-refractivity contribution is 7.07. The molecule has 1 atom stereocenters. The van der Waals surface area contributed by atoms with Crippen LogP contribution in [-0.4, -0.2) is 6.54 Å². The van der Waals surface area contributed by atoms with Crippen LogP contribution in [0.15, 0.2) is 29.0 Å². The number of thiophene rings is 1. The molecule has 0 fully saturated rings. The Morgan fingerprint density at radius 2 is 1.90 bits per heavy atom. The van der Waals surface area contributed by atoms with Crippen molar-refractivity contribution in [3.8, 4) is 0 Å². The highest BCUT2D eigenvalue weighted by Gasteiger charge is 2.20. The molecule has 0 aliphatic heterocycles. The van der Waals surface area contributed by atoms with Crippen molar-refractivity contribution >= 4 is 11.3 Å². The molecule has 0 amide bonds. The highest BCUT2D eigenvalue weighted by Crippen LogP contribution is 2.26. The lowest BCUT2D eigenvalue weighted by molar-refractivity contribution is 0.446. The molecule has 5 heteroatoms. The molecule has 2 aromatic rings. The number of rotatable bonds is 6. The van der Waals surface area contributed by atoms with Crippen molar-refractivity contribution in [1.82, 2.24) is 5.32 Å². The zero-order chi connectivity index (χ0) is 14.5. The van der Waals surface area contributed by atoms with E-state index in [0.29, 0.717) is 13.0 Å². The molecule has 108 valence electrons. The van der Waals surface area contributed by atoms with E-state index in [1.54, 1.807) is 11.3 Å². The van der Waals surface area contributed by atoms with Gasteiger partial charge in [-0.05, 0) is 41.8 Å².